The maximum Gasteiger partial charge on any atom is 0.330 e. The Kier molecular flexibility index (Phi) is 7.30. The summed E-state index contributed by atoms with van der Waals surface area (Å²) in [5, 5.41) is 14.8. The Labute approximate surface area is 221 Å². The van der Waals surface area contributed by atoms with Crippen molar-refractivity contribution in [3.8, 4) is 0 Å². The topological polar surface area (TPSA) is 98.4 Å². The third-order valence-corrected chi connectivity index (χ3v) is 6.27. The third kappa shape index (κ3) is 5.49. The summed E-state index contributed by atoms with van der Waals surface area (Å²) in [6, 6.07) is 17.7. The van der Waals surface area contributed by atoms with Gasteiger partial charge in [0.2, 0.25) is 0 Å². The monoisotopic (exact) mass is 516 g/mol. The molecule has 0 saturated heterocycles. The van der Waals surface area contributed by atoms with Gasteiger partial charge in [-0.1, -0.05) is 69.9 Å². The minimum atomic E-state index is -0.183. The Hall–Kier alpha value is -4.18. The smallest absolute Gasteiger partial charge is 0.330 e. The lowest BCUT2D eigenvalue weighted by atomic mass is 9.97. The second-order valence-corrected chi connectivity index (χ2v) is 10.3. The summed E-state index contributed by atoms with van der Waals surface area (Å²) in [4.78, 5) is 13.3. The van der Waals surface area contributed by atoms with E-state index in [1.54, 1.807) is 22.8 Å². The van der Waals surface area contributed by atoms with Crippen LogP contribution in [0.4, 0.5) is 17.2 Å². The molecule has 0 amide bonds. The number of nitrogens with zero attached hydrogens (tertiary/aromatic N) is 6. The SMILES string of the molecule is C=CN(/N=C\N)c1ccc(Cn2nc3c(c2Nc2ccccc2)c(=S)n(C)c(=O)n3CC(C)(C)C)cc1. The molecular formula is C27H32N8OS. The molecule has 10 heteroatoms. The largest absolute Gasteiger partial charge is 0.388 e. The van der Waals surface area contributed by atoms with Crippen LogP contribution in [0.25, 0.3) is 11.0 Å². The van der Waals surface area contributed by atoms with E-state index in [1.807, 2.05) is 59.3 Å². The Balaban J connectivity index is 1.88. The minimum Gasteiger partial charge on any atom is -0.388 e. The molecule has 3 N–H and O–H groups in total. The van der Waals surface area contributed by atoms with E-state index in [4.69, 9.17) is 23.1 Å². The summed E-state index contributed by atoms with van der Waals surface area (Å²) in [6.07, 6.45) is 2.80. The number of nitrogens with one attached hydrogen (secondary N) is 1. The highest BCUT2D eigenvalue weighted by atomic mass is 32.1. The van der Waals surface area contributed by atoms with Gasteiger partial charge in [0.05, 0.1) is 17.6 Å². The summed E-state index contributed by atoms with van der Waals surface area (Å²) < 4.78 is 5.53. The molecule has 0 aliphatic carbocycles. The Morgan fingerprint density at radius 1 is 1.16 bits per heavy atom. The van der Waals surface area contributed by atoms with Crippen LogP contribution >= 0.6 is 12.2 Å². The lowest BCUT2D eigenvalue weighted by Crippen LogP contribution is -2.33. The zero-order valence-corrected chi connectivity index (χ0v) is 22.4. The number of hydrazone groups is 1. The number of para-hydroxylation sites is 1. The molecule has 0 aliphatic rings. The van der Waals surface area contributed by atoms with Gasteiger partial charge in [0, 0.05) is 25.5 Å². The van der Waals surface area contributed by atoms with Gasteiger partial charge >= 0.3 is 5.69 Å². The number of benzene rings is 2. The van der Waals surface area contributed by atoms with E-state index in [9.17, 15) is 4.79 Å². The van der Waals surface area contributed by atoms with E-state index in [0.717, 1.165) is 28.1 Å². The minimum absolute atomic E-state index is 0.137. The molecule has 4 rings (SSSR count). The molecule has 192 valence electrons. The van der Waals surface area contributed by atoms with Crippen molar-refractivity contribution in [2.75, 3.05) is 10.3 Å². The first kappa shape index (κ1) is 25.9. The van der Waals surface area contributed by atoms with Gasteiger partial charge in [-0.05, 0) is 35.2 Å². The summed E-state index contributed by atoms with van der Waals surface area (Å²) in [7, 11) is 1.71. The molecule has 4 aromatic rings. The highest BCUT2D eigenvalue weighted by Crippen LogP contribution is 2.29. The van der Waals surface area contributed by atoms with Crippen LogP contribution in [-0.2, 0) is 20.1 Å². The van der Waals surface area contributed by atoms with Crippen molar-refractivity contribution < 1.29 is 0 Å². The van der Waals surface area contributed by atoms with Crippen molar-refractivity contribution in [3.63, 3.8) is 0 Å². The molecule has 0 unspecified atom stereocenters. The van der Waals surface area contributed by atoms with E-state index in [-0.39, 0.29) is 11.1 Å². The van der Waals surface area contributed by atoms with Crippen molar-refractivity contribution >= 4 is 46.8 Å². The number of hydrogen-bond donors (Lipinski definition) is 2. The maximum atomic E-state index is 13.3. The number of aromatic nitrogens is 4. The van der Waals surface area contributed by atoms with Crippen molar-refractivity contribution in [2.45, 2.75) is 33.9 Å². The molecule has 0 radical (unpaired) electrons. The molecule has 2 heterocycles. The number of fused-ring (bicyclic) bond motifs is 1. The van der Waals surface area contributed by atoms with Crippen LogP contribution in [0.1, 0.15) is 26.3 Å². The van der Waals surface area contributed by atoms with Crippen LogP contribution in [-0.4, -0.2) is 25.3 Å². The molecule has 37 heavy (non-hydrogen) atoms. The summed E-state index contributed by atoms with van der Waals surface area (Å²) in [5.74, 6) is 0.731. The molecule has 0 bridgehead atoms. The van der Waals surface area contributed by atoms with Gasteiger partial charge in [-0.25, -0.2) is 14.5 Å². The third-order valence-electron chi connectivity index (χ3n) is 5.79. The van der Waals surface area contributed by atoms with E-state index in [1.165, 1.54) is 10.9 Å². The lowest BCUT2D eigenvalue weighted by Gasteiger charge is -2.20. The van der Waals surface area contributed by atoms with E-state index in [0.29, 0.717) is 23.4 Å². The van der Waals surface area contributed by atoms with Gasteiger partial charge in [-0.2, -0.15) is 10.2 Å². The number of anilines is 3. The molecule has 0 atom stereocenters. The first-order valence-electron chi connectivity index (χ1n) is 11.9. The Morgan fingerprint density at radius 2 is 1.84 bits per heavy atom. The quantitative estimate of drug-likeness (QED) is 0.149. The zero-order chi connectivity index (χ0) is 26.7. The van der Waals surface area contributed by atoms with Gasteiger partial charge in [-0.3, -0.25) is 9.13 Å². The molecule has 2 aromatic carbocycles. The van der Waals surface area contributed by atoms with Crippen LogP contribution in [0.3, 0.4) is 0 Å². The Bertz CT molecular complexity index is 1560. The number of rotatable bonds is 8. The molecular weight excluding hydrogens is 484 g/mol. The van der Waals surface area contributed by atoms with E-state index >= 15 is 0 Å². The highest BCUT2D eigenvalue weighted by molar-refractivity contribution is 7.71. The number of hydrogen-bond acceptors (Lipinski definition) is 6. The normalized spacial score (nSPS) is 11.8. The molecule has 0 aliphatic heterocycles. The molecule has 9 nitrogen and oxygen atoms in total. The molecule has 0 spiro atoms. The van der Waals surface area contributed by atoms with Crippen LogP contribution in [0.2, 0.25) is 0 Å². The first-order chi connectivity index (χ1) is 17.6. The first-order valence-corrected chi connectivity index (χ1v) is 12.3. The molecule has 0 saturated carbocycles. The maximum absolute atomic E-state index is 13.3. The van der Waals surface area contributed by atoms with Crippen LogP contribution in [0.5, 0.6) is 0 Å². The van der Waals surface area contributed by atoms with Crippen LogP contribution in [0, 0.1) is 10.1 Å². The number of nitrogens with two attached hydrogens (primary N) is 1. The zero-order valence-electron chi connectivity index (χ0n) is 21.5. The standard InChI is InChI=1S/C27H32N8OS/c1-6-34(29-18-28)21-14-12-19(13-15-21)16-35-23(30-20-10-8-7-9-11-20)22-24(31-35)33(17-27(2,3)4)26(36)32(5)25(22)37/h6-15,18,30H,1,16-17H2,2-5H3,(H2,28,29). The van der Waals surface area contributed by atoms with Crippen molar-refractivity contribution in [1.82, 2.24) is 18.9 Å². The van der Waals surface area contributed by atoms with E-state index < -0.39 is 0 Å². The fourth-order valence-corrected chi connectivity index (χ4v) is 4.36. The predicted octanol–water partition coefficient (Wildman–Crippen LogP) is 4.96. The van der Waals surface area contributed by atoms with Crippen molar-refractivity contribution in [2.24, 2.45) is 23.3 Å². The van der Waals surface area contributed by atoms with Crippen molar-refractivity contribution in [1.29, 1.82) is 0 Å². The van der Waals surface area contributed by atoms with Gasteiger partial charge < -0.3 is 11.1 Å². The van der Waals surface area contributed by atoms with Gasteiger partial charge in [0.15, 0.2) is 5.65 Å². The van der Waals surface area contributed by atoms with E-state index in [2.05, 4.69) is 37.8 Å². The lowest BCUT2D eigenvalue weighted by molar-refractivity contribution is 0.337. The molecule has 2 aromatic heterocycles. The average molecular weight is 517 g/mol. The fourth-order valence-electron chi connectivity index (χ4n) is 4.10. The van der Waals surface area contributed by atoms with Gasteiger partial charge in [0.1, 0.15) is 16.8 Å². The fraction of sp³-hybridized carbons (Fsp3) is 0.259. The summed E-state index contributed by atoms with van der Waals surface area (Å²) in [6.45, 7) is 11.0. The second-order valence-electron chi connectivity index (χ2n) is 9.95. The average Bonchev–Trinajstić information content (AvgIpc) is 3.22. The second kappa shape index (κ2) is 10.4. The van der Waals surface area contributed by atoms with Crippen molar-refractivity contribution in [3.05, 3.63) is 88.1 Å². The van der Waals surface area contributed by atoms with Gasteiger partial charge in [0.25, 0.3) is 0 Å². The predicted molar refractivity (Wildman–Crippen MR) is 154 cm³/mol. The molecule has 0 fully saturated rings. The van der Waals surface area contributed by atoms with Crippen LogP contribution < -0.4 is 21.7 Å². The van der Waals surface area contributed by atoms with Gasteiger partial charge in [-0.15, -0.1) is 0 Å². The Morgan fingerprint density at radius 3 is 2.43 bits per heavy atom. The van der Waals surface area contributed by atoms with Crippen LogP contribution in [0.15, 0.2) is 77.3 Å². The highest BCUT2D eigenvalue weighted by Gasteiger charge is 2.23. The summed E-state index contributed by atoms with van der Waals surface area (Å²) >= 11 is 5.77. The summed E-state index contributed by atoms with van der Waals surface area (Å²) in [5.41, 5.74) is 8.42.